The van der Waals surface area contributed by atoms with Crippen molar-refractivity contribution >= 4 is 0 Å². The smallest absolute Gasteiger partial charge is 0.0105 e. The third-order valence-corrected chi connectivity index (χ3v) is 4.78. The standard InChI is InChI=1S/C14H30N2/c1-6-14(4)7-9-16(10-8-14)13(3)12(2)11-15-5/h12-13,15H,6-11H2,1-5H3. The fourth-order valence-corrected chi connectivity index (χ4v) is 2.68. The Kier molecular flexibility index (Phi) is 5.26. The van der Waals surface area contributed by atoms with E-state index in [1.807, 2.05) is 7.05 Å². The second-order valence-electron chi connectivity index (χ2n) is 5.98. The molecule has 2 unspecified atom stereocenters. The van der Waals surface area contributed by atoms with Crippen LogP contribution in [0.15, 0.2) is 0 Å². The van der Waals surface area contributed by atoms with Gasteiger partial charge in [-0.15, -0.1) is 0 Å². The lowest BCUT2D eigenvalue weighted by Gasteiger charge is -2.43. The van der Waals surface area contributed by atoms with E-state index in [0.717, 1.165) is 12.5 Å². The van der Waals surface area contributed by atoms with Gasteiger partial charge in [-0.1, -0.05) is 27.2 Å². The lowest BCUT2D eigenvalue weighted by atomic mass is 9.77. The van der Waals surface area contributed by atoms with Gasteiger partial charge in [0.05, 0.1) is 0 Å². The zero-order valence-corrected chi connectivity index (χ0v) is 11.8. The maximum Gasteiger partial charge on any atom is 0.0105 e. The molecule has 96 valence electrons. The van der Waals surface area contributed by atoms with Crippen LogP contribution in [0.5, 0.6) is 0 Å². The van der Waals surface area contributed by atoms with Crippen molar-refractivity contribution in [3.05, 3.63) is 0 Å². The molecule has 2 heteroatoms. The molecule has 1 heterocycles. The van der Waals surface area contributed by atoms with E-state index in [2.05, 4.69) is 37.9 Å². The monoisotopic (exact) mass is 226 g/mol. The Bertz CT molecular complexity index is 195. The topological polar surface area (TPSA) is 15.3 Å². The lowest BCUT2D eigenvalue weighted by molar-refractivity contribution is 0.0671. The summed E-state index contributed by atoms with van der Waals surface area (Å²) in [5.41, 5.74) is 0.614. The molecule has 1 aliphatic heterocycles. The summed E-state index contributed by atoms with van der Waals surface area (Å²) in [5.74, 6) is 0.746. The first-order valence-electron chi connectivity index (χ1n) is 6.91. The van der Waals surface area contributed by atoms with Crippen LogP contribution in [0.3, 0.4) is 0 Å². The van der Waals surface area contributed by atoms with Gasteiger partial charge in [0.2, 0.25) is 0 Å². The van der Waals surface area contributed by atoms with E-state index in [1.54, 1.807) is 0 Å². The molecule has 0 aromatic heterocycles. The van der Waals surface area contributed by atoms with Gasteiger partial charge in [-0.2, -0.15) is 0 Å². The summed E-state index contributed by atoms with van der Waals surface area (Å²) >= 11 is 0. The summed E-state index contributed by atoms with van der Waals surface area (Å²) in [6, 6.07) is 0.717. The molecule has 0 aliphatic carbocycles. The zero-order valence-electron chi connectivity index (χ0n) is 11.8. The summed E-state index contributed by atoms with van der Waals surface area (Å²) < 4.78 is 0. The molecule has 0 amide bonds. The van der Waals surface area contributed by atoms with Crippen LogP contribution in [0.4, 0.5) is 0 Å². The van der Waals surface area contributed by atoms with Crippen LogP contribution in [0.25, 0.3) is 0 Å². The molecule has 0 saturated carbocycles. The molecule has 1 rings (SSSR count). The van der Waals surface area contributed by atoms with Gasteiger partial charge >= 0.3 is 0 Å². The minimum atomic E-state index is 0.614. The summed E-state index contributed by atoms with van der Waals surface area (Å²) in [5, 5.41) is 3.29. The molecule has 1 aliphatic rings. The molecule has 0 bridgehead atoms. The number of nitrogens with one attached hydrogen (secondary N) is 1. The van der Waals surface area contributed by atoms with E-state index < -0.39 is 0 Å². The van der Waals surface area contributed by atoms with Gasteiger partial charge in [0.25, 0.3) is 0 Å². The molecule has 0 aromatic rings. The van der Waals surface area contributed by atoms with E-state index in [0.29, 0.717) is 11.5 Å². The van der Waals surface area contributed by atoms with Gasteiger partial charge < -0.3 is 10.2 Å². The first-order chi connectivity index (χ1) is 7.52. The highest BCUT2D eigenvalue weighted by Crippen LogP contribution is 2.35. The number of hydrogen-bond acceptors (Lipinski definition) is 2. The van der Waals surface area contributed by atoms with Crippen LogP contribution in [0.2, 0.25) is 0 Å². The summed E-state index contributed by atoms with van der Waals surface area (Å²) in [6.45, 7) is 13.2. The molecule has 1 saturated heterocycles. The Morgan fingerprint density at radius 1 is 1.25 bits per heavy atom. The van der Waals surface area contributed by atoms with E-state index in [-0.39, 0.29) is 0 Å². The quantitative estimate of drug-likeness (QED) is 0.775. The molecule has 1 fully saturated rings. The van der Waals surface area contributed by atoms with Gasteiger partial charge in [0.1, 0.15) is 0 Å². The van der Waals surface area contributed by atoms with E-state index in [4.69, 9.17) is 0 Å². The number of piperidine rings is 1. The minimum absolute atomic E-state index is 0.614. The van der Waals surface area contributed by atoms with Crippen molar-refractivity contribution in [2.75, 3.05) is 26.7 Å². The highest BCUT2D eigenvalue weighted by atomic mass is 15.2. The van der Waals surface area contributed by atoms with Gasteiger partial charge in [-0.25, -0.2) is 0 Å². The molecular weight excluding hydrogens is 196 g/mol. The lowest BCUT2D eigenvalue weighted by Crippen LogP contribution is -2.47. The fourth-order valence-electron chi connectivity index (χ4n) is 2.68. The Morgan fingerprint density at radius 3 is 2.25 bits per heavy atom. The summed E-state index contributed by atoms with van der Waals surface area (Å²) in [4.78, 5) is 2.68. The van der Waals surface area contributed by atoms with Gasteiger partial charge in [-0.05, 0) is 57.8 Å². The highest BCUT2D eigenvalue weighted by Gasteiger charge is 2.31. The first kappa shape index (κ1) is 14.0. The third-order valence-electron chi connectivity index (χ3n) is 4.78. The number of nitrogens with zero attached hydrogens (tertiary/aromatic N) is 1. The third kappa shape index (κ3) is 3.46. The molecule has 2 nitrogen and oxygen atoms in total. The molecule has 2 atom stereocenters. The van der Waals surface area contributed by atoms with Crippen molar-refractivity contribution in [3.63, 3.8) is 0 Å². The molecule has 0 aromatic carbocycles. The van der Waals surface area contributed by atoms with Crippen molar-refractivity contribution in [1.82, 2.24) is 10.2 Å². The van der Waals surface area contributed by atoms with Crippen molar-refractivity contribution in [3.8, 4) is 0 Å². The Morgan fingerprint density at radius 2 is 1.81 bits per heavy atom. The number of likely N-dealkylation sites (tertiary alicyclic amines) is 1. The van der Waals surface area contributed by atoms with E-state index in [9.17, 15) is 0 Å². The molecular formula is C14H30N2. The normalized spacial score (nSPS) is 25.3. The van der Waals surface area contributed by atoms with Gasteiger partial charge in [0.15, 0.2) is 0 Å². The first-order valence-corrected chi connectivity index (χ1v) is 6.91. The maximum absolute atomic E-state index is 3.29. The van der Waals surface area contributed by atoms with E-state index >= 15 is 0 Å². The predicted molar refractivity (Wildman–Crippen MR) is 71.8 cm³/mol. The Hall–Kier alpha value is -0.0800. The SMILES string of the molecule is CCC1(C)CCN(C(C)C(C)CNC)CC1. The zero-order chi connectivity index (χ0) is 12.2. The van der Waals surface area contributed by atoms with Gasteiger partial charge in [0, 0.05) is 6.04 Å². The summed E-state index contributed by atoms with van der Waals surface area (Å²) in [6.07, 6.45) is 4.08. The molecule has 16 heavy (non-hydrogen) atoms. The predicted octanol–water partition coefficient (Wildman–Crippen LogP) is 2.74. The second-order valence-corrected chi connectivity index (χ2v) is 5.98. The summed E-state index contributed by atoms with van der Waals surface area (Å²) in [7, 11) is 2.05. The Balaban J connectivity index is 2.41. The van der Waals surface area contributed by atoms with Crippen LogP contribution in [0, 0.1) is 11.3 Å². The van der Waals surface area contributed by atoms with Crippen LogP contribution >= 0.6 is 0 Å². The average molecular weight is 226 g/mol. The molecule has 0 radical (unpaired) electrons. The molecule has 1 N–H and O–H groups in total. The fraction of sp³-hybridized carbons (Fsp3) is 1.00. The van der Waals surface area contributed by atoms with Crippen LogP contribution in [-0.2, 0) is 0 Å². The molecule has 0 spiro atoms. The van der Waals surface area contributed by atoms with Crippen LogP contribution in [-0.4, -0.2) is 37.6 Å². The second kappa shape index (κ2) is 6.02. The Labute approximate surface area is 102 Å². The average Bonchev–Trinajstić information content (AvgIpc) is 2.29. The number of rotatable bonds is 5. The van der Waals surface area contributed by atoms with Crippen molar-refractivity contribution in [2.45, 2.75) is 53.0 Å². The van der Waals surface area contributed by atoms with Crippen molar-refractivity contribution in [1.29, 1.82) is 0 Å². The van der Waals surface area contributed by atoms with E-state index in [1.165, 1.54) is 32.4 Å². The van der Waals surface area contributed by atoms with Crippen LogP contribution < -0.4 is 5.32 Å². The van der Waals surface area contributed by atoms with Crippen LogP contribution in [0.1, 0.15) is 47.0 Å². The minimum Gasteiger partial charge on any atom is -0.319 e. The van der Waals surface area contributed by atoms with Crippen molar-refractivity contribution in [2.24, 2.45) is 11.3 Å². The maximum atomic E-state index is 3.29. The highest BCUT2D eigenvalue weighted by molar-refractivity contribution is 4.85. The largest absolute Gasteiger partial charge is 0.319 e. The van der Waals surface area contributed by atoms with Gasteiger partial charge in [-0.3, -0.25) is 0 Å². The number of hydrogen-bond donors (Lipinski definition) is 1. The van der Waals surface area contributed by atoms with Crippen molar-refractivity contribution < 1.29 is 0 Å².